The van der Waals surface area contributed by atoms with Crippen LogP contribution < -0.4 is 10.5 Å². The highest BCUT2D eigenvalue weighted by Gasteiger charge is 2.34. The van der Waals surface area contributed by atoms with Crippen molar-refractivity contribution in [3.8, 4) is 5.75 Å². The SMILES string of the molecule is CCC(C)(C)C(O)C(CN)c1cc(C)ccc1OC. The lowest BCUT2D eigenvalue weighted by atomic mass is 9.75. The Labute approximate surface area is 116 Å². The van der Waals surface area contributed by atoms with Gasteiger partial charge in [0.05, 0.1) is 13.2 Å². The first-order valence-corrected chi connectivity index (χ1v) is 6.90. The molecule has 0 saturated heterocycles. The van der Waals surface area contributed by atoms with Crippen molar-refractivity contribution in [1.29, 1.82) is 0 Å². The zero-order chi connectivity index (χ0) is 14.6. The number of benzene rings is 1. The molecule has 0 fully saturated rings. The van der Waals surface area contributed by atoms with Crippen LogP contribution in [0.5, 0.6) is 5.75 Å². The maximum Gasteiger partial charge on any atom is 0.122 e. The lowest BCUT2D eigenvalue weighted by Gasteiger charge is -2.35. The number of nitrogens with two attached hydrogens (primary N) is 1. The lowest BCUT2D eigenvalue weighted by molar-refractivity contribution is 0.0259. The summed E-state index contributed by atoms with van der Waals surface area (Å²) in [5.41, 5.74) is 7.90. The summed E-state index contributed by atoms with van der Waals surface area (Å²) in [5.74, 6) is 0.691. The summed E-state index contributed by atoms with van der Waals surface area (Å²) in [4.78, 5) is 0. The minimum Gasteiger partial charge on any atom is -0.496 e. The quantitative estimate of drug-likeness (QED) is 0.831. The molecule has 0 saturated carbocycles. The fourth-order valence-corrected chi connectivity index (χ4v) is 2.32. The van der Waals surface area contributed by atoms with E-state index < -0.39 is 6.10 Å². The number of aliphatic hydroxyl groups excluding tert-OH is 1. The topological polar surface area (TPSA) is 55.5 Å². The van der Waals surface area contributed by atoms with Gasteiger partial charge in [-0.25, -0.2) is 0 Å². The second-order valence-electron chi connectivity index (χ2n) is 5.87. The van der Waals surface area contributed by atoms with E-state index in [-0.39, 0.29) is 11.3 Å². The normalized spacial score (nSPS) is 15.1. The standard InChI is InChI=1S/C16H27NO2/c1-6-16(3,4)15(18)13(10-17)12-9-11(2)7-8-14(12)19-5/h7-9,13,15,18H,6,10,17H2,1-5H3. The van der Waals surface area contributed by atoms with Crippen molar-refractivity contribution in [2.45, 2.75) is 46.1 Å². The molecule has 0 amide bonds. The van der Waals surface area contributed by atoms with Gasteiger partial charge >= 0.3 is 0 Å². The molecule has 19 heavy (non-hydrogen) atoms. The van der Waals surface area contributed by atoms with Crippen LogP contribution in [0.1, 0.15) is 44.2 Å². The summed E-state index contributed by atoms with van der Waals surface area (Å²) in [5, 5.41) is 10.7. The maximum absolute atomic E-state index is 10.7. The summed E-state index contributed by atoms with van der Waals surface area (Å²) >= 11 is 0. The molecule has 0 heterocycles. The summed E-state index contributed by atoms with van der Waals surface area (Å²) in [6, 6.07) is 6.01. The van der Waals surface area contributed by atoms with Gasteiger partial charge in [0.2, 0.25) is 0 Å². The van der Waals surface area contributed by atoms with Gasteiger partial charge in [0, 0.05) is 18.0 Å². The van der Waals surface area contributed by atoms with Gasteiger partial charge in [-0.2, -0.15) is 0 Å². The number of hydrogen-bond acceptors (Lipinski definition) is 3. The van der Waals surface area contributed by atoms with E-state index in [2.05, 4.69) is 26.8 Å². The zero-order valence-corrected chi connectivity index (χ0v) is 12.7. The van der Waals surface area contributed by atoms with Crippen LogP contribution in [0.2, 0.25) is 0 Å². The molecule has 0 bridgehead atoms. The molecule has 1 rings (SSSR count). The number of ether oxygens (including phenoxy) is 1. The Morgan fingerprint density at radius 1 is 1.37 bits per heavy atom. The third kappa shape index (κ3) is 3.48. The molecule has 0 aliphatic carbocycles. The first kappa shape index (κ1) is 16.0. The molecule has 0 radical (unpaired) electrons. The van der Waals surface area contributed by atoms with Gasteiger partial charge in [-0.1, -0.05) is 38.5 Å². The Hall–Kier alpha value is -1.06. The Bertz CT molecular complexity index is 415. The number of hydrogen-bond donors (Lipinski definition) is 2. The predicted molar refractivity (Wildman–Crippen MR) is 79.6 cm³/mol. The molecule has 1 aromatic rings. The van der Waals surface area contributed by atoms with Crippen molar-refractivity contribution in [1.82, 2.24) is 0 Å². The molecule has 2 unspecified atom stereocenters. The summed E-state index contributed by atoms with van der Waals surface area (Å²) in [6.07, 6.45) is 0.414. The van der Waals surface area contributed by atoms with Crippen molar-refractivity contribution in [2.75, 3.05) is 13.7 Å². The van der Waals surface area contributed by atoms with E-state index in [0.29, 0.717) is 6.54 Å². The van der Waals surface area contributed by atoms with Gasteiger partial charge in [0.25, 0.3) is 0 Å². The minimum absolute atomic E-state index is 0.107. The predicted octanol–water partition coefficient (Wildman–Crippen LogP) is 2.84. The number of methoxy groups -OCH3 is 1. The number of rotatable bonds is 6. The van der Waals surface area contributed by atoms with E-state index in [1.54, 1.807) is 7.11 Å². The molecule has 0 aliphatic rings. The van der Waals surface area contributed by atoms with Gasteiger partial charge in [-0.15, -0.1) is 0 Å². The molecule has 2 atom stereocenters. The van der Waals surface area contributed by atoms with Crippen molar-refractivity contribution < 1.29 is 9.84 Å². The smallest absolute Gasteiger partial charge is 0.122 e. The molecule has 0 aromatic heterocycles. The van der Waals surface area contributed by atoms with Gasteiger partial charge < -0.3 is 15.6 Å². The highest BCUT2D eigenvalue weighted by atomic mass is 16.5. The fourth-order valence-electron chi connectivity index (χ4n) is 2.32. The minimum atomic E-state index is -0.488. The third-order valence-corrected chi connectivity index (χ3v) is 4.13. The fraction of sp³-hybridized carbons (Fsp3) is 0.625. The molecule has 108 valence electrons. The van der Waals surface area contributed by atoms with E-state index >= 15 is 0 Å². The highest BCUT2D eigenvalue weighted by molar-refractivity contribution is 5.40. The van der Waals surface area contributed by atoms with Gasteiger partial charge in [0.15, 0.2) is 0 Å². The average molecular weight is 265 g/mol. The number of aryl methyl sites for hydroxylation is 1. The van der Waals surface area contributed by atoms with Crippen LogP contribution in [0.25, 0.3) is 0 Å². The van der Waals surface area contributed by atoms with E-state index in [9.17, 15) is 5.11 Å². The maximum atomic E-state index is 10.7. The molecule has 3 N–H and O–H groups in total. The summed E-state index contributed by atoms with van der Waals surface area (Å²) in [7, 11) is 1.65. The molecule has 0 spiro atoms. The monoisotopic (exact) mass is 265 g/mol. The van der Waals surface area contributed by atoms with E-state index in [1.807, 2.05) is 19.1 Å². The van der Waals surface area contributed by atoms with Crippen molar-refractivity contribution >= 4 is 0 Å². The van der Waals surface area contributed by atoms with Crippen molar-refractivity contribution in [2.24, 2.45) is 11.1 Å². The first-order chi connectivity index (χ1) is 8.87. The number of aliphatic hydroxyl groups is 1. The molecule has 1 aromatic carbocycles. The van der Waals surface area contributed by atoms with E-state index in [1.165, 1.54) is 0 Å². The molecule has 3 heteroatoms. The van der Waals surface area contributed by atoms with Gasteiger partial charge in [-0.05, 0) is 24.8 Å². The zero-order valence-electron chi connectivity index (χ0n) is 12.7. The third-order valence-electron chi connectivity index (χ3n) is 4.13. The van der Waals surface area contributed by atoms with Crippen LogP contribution in [0.3, 0.4) is 0 Å². The van der Waals surface area contributed by atoms with Crippen LogP contribution >= 0.6 is 0 Å². The van der Waals surface area contributed by atoms with Gasteiger partial charge in [-0.3, -0.25) is 0 Å². The molecular weight excluding hydrogens is 238 g/mol. The van der Waals surface area contributed by atoms with Crippen molar-refractivity contribution in [3.05, 3.63) is 29.3 Å². The van der Waals surface area contributed by atoms with E-state index in [0.717, 1.165) is 23.3 Å². The summed E-state index contributed by atoms with van der Waals surface area (Å²) < 4.78 is 5.41. The Balaban J connectivity index is 3.19. The molecule has 3 nitrogen and oxygen atoms in total. The van der Waals surface area contributed by atoms with Crippen molar-refractivity contribution in [3.63, 3.8) is 0 Å². The second kappa shape index (κ2) is 6.40. The Kier molecular flexibility index (Phi) is 5.39. The lowest BCUT2D eigenvalue weighted by Crippen LogP contribution is -2.38. The van der Waals surface area contributed by atoms with Gasteiger partial charge in [0.1, 0.15) is 5.75 Å². The van der Waals surface area contributed by atoms with Crippen LogP contribution in [0, 0.1) is 12.3 Å². The van der Waals surface area contributed by atoms with Crippen LogP contribution in [0.4, 0.5) is 0 Å². The average Bonchev–Trinajstić information content (AvgIpc) is 2.39. The Morgan fingerprint density at radius 2 is 2.00 bits per heavy atom. The van der Waals surface area contributed by atoms with Crippen LogP contribution in [0.15, 0.2) is 18.2 Å². The largest absolute Gasteiger partial charge is 0.496 e. The molecule has 0 aliphatic heterocycles. The molecular formula is C16H27NO2. The highest BCUT2D eigenvalue weighted by Crippen LogP contribution is 2.37. The first-order valence-electron chi connectivity index (χ1n) is 6.90. The second-order valence-corrected chi connectivity index (χ2v) is 5.87. The van der Waals surface area contributed by atoms with Crippen LogP contribution in [-0.2, 0) is 0 Å². The summed E-state index contributed by atoms with van der Waals surface area (Å²) in [6.45, 7) is 8.67. The van der Waals surface area contributed by atoms with Crippen LogP contribution in [-0.4, -0.2) is 24.9 Å². The Morgan fingerprint density at radius 3 is 2.47 bits per heavy atom. The van der Waals surface area contributed by atoms with E-state index in [4.69, 9.17) is 10.5 Å².